The van der Waals surface area contributed by atoms with Crippen molar-refractivity contribution < 1.29 is 18.3 Å². The highest BCUT2D eigenvalue weighted by molar-refractivity contribution is 7.89. The molecule has 0 fully saturated rings. The van der Waals surface area contributed by atoms with Gasteiger partial charge in [0.25, 0.3) is 0 Å². The first-order chi connectivity index (χ1) is 8.36. The minimum atomic E-state index is -3.72. The van der Waals surface area contributed by atoms with Crippen molar-refractivity contribution in [2.45, 2.75) is 18.2 Å². The zero-order valence-corrected chi connectivity index (χ0v) is 11.3. The molecule has 18 heavy (non-hydrogen) atoms. The summed E-state index contributed by atoms with van der Waals surface area (Å²) in [5.41, 5.74) is 0. The second kappa shape index (κ2) is 6.17. The summed E-state index contributed by atoms with van der Waals surface area (Å²) < 4.78 is 26.0. The normalized spacial score (nSPS) is 13.2. The molecule has 0 bridgehead atoms. The topological polar surface area (TPSA) is 83.5 Å². The Morgan fingerprint density at radius 2 is 2.17 bits per heavy atom. The second-order valence-electron chi connectivity index (χ2n) is 3.75. The lowest BCUT2D eigenvalue weighted by atomic mass is 10.1. The Morgan fingerprint density at radius 1 is 1.50 bits per heavy atom. The van der Waals surface area contributed by atoms with Gasteiger partial charge >= 0.3 is 5.97 Å². The van der Waals surface area contributed by atoms with E-state index in [1.54, 1.807) is 13.0 Å². The summed E-state index contributed by atoms with van der Waals surface area (Å²) >= 11 is 5.71. The van der Waals surface area contributed by atoms with Gasteiger partial charge in [-0.05, 0) is 24.6 Å². The number of hydrogen-bond donors (Lipinski definition) is 2. The lowest BCUT2D eigenvalue weighted by Crippen LogP contribution is -2.32. The summed E-state index contributed by atoms with van der Waals surface area (Å²) in [5, 5.41) is 9.14. The maximum absolute atomic E-state index is 11.9. The highest BCUT2D eigenvalue weighted by Crippen LogP contribution is 2.15. The predicted octanol–water partition coefficient (Wildman–Crippen LogP) is 1.73. The van der Waals surface area contributed by atoms with E-state index >= 15 is 0 Å². The zero-order valence-electron chi connectivity index (χ0n) is 9.76. The van der Waals surface area contributed by atoms with Gasteiger partial charge in [0.1, 0.15) is 0 Å². The number of halogens is 1. The first kappa shape index (κ1) is 14.9. The van der Waals surface area contributed by atoms with Crippen LogP contribution in [0.2, 0.25) is 5.02 Å². The van der Waals surface area contributed by atoms with E-state index in [1.807, 2.05) is 0 Å². The van der Waals surface area contributed by atoms with E-state index in [0.29, 0.717) is 11.4 Å². The van der Waals surface area contributed by atoms with E-state index in [0.717, 1.165) is 0 Å². The van der Waals surface area contributed by atoms with E-state index in [9.17, 15) is 13.2 Å². The molecule has 0 saturated heterocycles. The van der Waals surface area contributed by atoms with Crippen LogP contribution in [0.15, 0.2) is 29.2 Å². The molecular weight excluding hydrogens is 278 g/mol. The van der Waals surface area contributed by atoms with Crippen molar-refractivity contribution in [2.75, 3.05) is 6.54 Å². The fraction of sp³-hybridized carbons (Fsp3) is 0.364. The fourth-order valence-electron chi connectivity index (χ4n) is 1.33. The summed E-state index contributed by atoms with van der Waals surface area (Å²) in [4.78, 5) is 10.8. The molecule has 0 aliphatic rings. The number of benzene rings is 1. The van der Waals surface area contributed by atoms with Crippen LogP contribution in [0.5, 0.6) is 0 Å². The summed E-state index contributed by atoms with van der Waals surface area (Å²) in [6.07, 6.45) is 0.355. The summed E-state index contributed by atoms with van der Waals surface area (Å²) in [6.45, 7) is 1.55. The van der Waals surface area contributed by atoms with E-state index in [2.05, 4.69) is 4.72 Å². The molecular formula is C11H14ClNO4S. The van der Waals surface area contributed by atoms with Gasteiger partial charge in [0.15, 0.2) is 0 Å². The van der Waals surface area contributed by atoms with Crippen LogP contribution in [0, 0.1) is 5.92 Å². The van der Waals surface area contributed by atoms with Gasteiger partial charge in [-0.15, -0.1) is 0 Å². The molecule has 0 spiro atoms. The molecule has 0 saturated carbocycles. The zero-order chi connectivity index (χ0) is 13.8. The monoisotopic (exact) mass is 291 g/mol. The number of carbonyl (C=O) groups is 1. The Bertz CT molecular complexity index is 530. The lowest BCUT2D eigenvalue weighted by molar-refractivity contribution is -0.141. The van der Waals surface area contributed by atoms with Crippen LogP contribution in [0.25, 0.3) is 0 Å². The Labute approximate surface area is 111 Å². The minimum Gasteiger partial charge on any atom is -0.481 e. The number of hydrogen-bond acceptors (Lipinski definition) is 3. The van der Waals surface area contributed by atoms with Crippen LogP contribution in [0.3, 0.4) is 0 Å². The van der Waals surface area contributed by atoms with Crippen molar-refractivity contribution in [1.82, 2.24) is 4.72 Å². The number of aliphatic carboxylic acids is 1. The van der Waals surface area contributed by atoms with Crippen molar-refractivity contribution in [1.29, 1.82) is 0 Å². The van der Waals surface area contributed by atoms with Crippen LogP contribution in [0.4, 0.5) is 0 Å². The first-order valence-electron chi connectivity index (χ1n) is 5.35. The highest BCUT2D eigenvalue weighted by Gasteiger charge is 2.20. The molecule has 5 nitrogen and oxygen atoms in total. The van der Waals surface area contributed by atoms with Crippen molar-refractivity contribution in [3.05, 3.63) is 29.3 Å². The molecule has 7 heteroatoms. The smallest absolute Gasteiger partial charge is 0.307 e. The molecule has 1 aromatic carbocycles. The Kier molecular flexibility index (Phi) is 5.13. The largest absolute Gasteiger partial charge is 0.481 e. The third-order valence-electron chi connectivity index (χ3n) is 2.47. The Morgan fingerprint density at radius 3 is 2.67 bits per heavy atom. The maximum atomic E-state index is 11.9. The van der Waals surface area contributed by atoms with E-state index in [1.165, 1.54) is 18.2 Å². The van der Waals surface area contributed by atoms with Gasteiger partial charge in [-0.2, -0.15) is 0 Å². The quantitative estimate of drug-likeness (QED) is 0.836. The van der Waals surface area contributed by atoms with Crippen LogP contribution in [0.1, 0.15) is 13.3 Å². The van der Waals surface area contributed by atoms with Gasteiger partial charge in [-0.25, -0.2) is 13.1 Å². The summed E-state index contributed by atoms with van der Waals surface area (Å²) in [6, 6.07) is 5.79. The van der Waals surface area contributed by atoms with Gasteiger partial charge in [0.05, 0.1) is 10.8 Å². The number of carboxylic acid groups (broad SMARTS) is 1. The van der Waals surface area contributed by atoms with Crippen molar-refractivity contribution in [2.24, 2.45) is 5.92 Å². The van der Waals surface area contributed by atoms with Gasteiger partial charge in [0.2, 0.25) is 10.0 Å². The van der Waals surface area contributed by atoms with Crippen molar-refractivity contribution in [3.8, 4) is 0 Å². The molecule has 0 amide bonds. The average Bonchev–Trinajstić information content (AvgIpc) is 2.29. The molecule has 0 heterocycles. The second-order valence-corrected chi connectivity index (χ2v) is 5.96. The number of carboxylic acids is 1. The van der Waals surface area contributed by atoms with Gasteiger partial charge in [-0.3, -0.25) is 4.79 Å². The van der Waals surface area contributed by atoms with E-state index in [4.69, 9.17) is 16.7 Å². The molecule has 0 aliphatic carbocycles. The molecule has 0 radical (unpaired) electrons. The van der Waals surface area contributed by atoms with Crippen LogP contribution in [-0.2, 0) is 14.8 Å². The molecule has 1 aromatic rings. The lowest BCUT2D eigenvalue weighted by Gasteiger charge is -2.11. The van der Waals surface area contributed by atoms with Crippen LogP contribution in [-0.4, -0.2) is 26.0 Å². The minimum absolute atomic E-state index is 0.0234. The van der Waals surface area contributed by atoms with Crippen molar-refractivity contribution >= 4 is 27.6 Å². The number of sulfonamides is 1. The van der Waals surface area contributed by atoms with Gasteiger partial charge in [0, 0.05) is 11.6 Å². The Balaban J connectivity index is 2.80. The van der Waals surface area contributed by atoms with E-state index in [-0.39, 0.29) is 11.4 Å². The Hall–Kier alpha value is -1.11. The number of nitrogens with one attached hydrogen (secondary N) is 1. The number of rotatable bonds is 6. The fourth-order valence-corrected chi connectivity index (χ4v) is 2.72. The predicted molar refractivity (Wildman–Crippen MR) is 68.1 cm³/mol. The maximum Gasteiger partial charge on any atom is 0.307 e. The highest BCUT2D eigenvalue weighted by atomic mass is 35.5. The average molecular weight is 292 g/mol. The van der Waals surface area contributed by atoms with Gasteiger partial charge < -0.3 is 5.11 Å². The third kappa shape index (κ3) is 3.97. The molecule has 2 N–H and O–H groups in total. The molecule has 0 aliphatic heterocycles. The summed E-state index contributed by atoms with van der Waals surface area (Å²) in [5.74, 6) is -1.76. The molecule has 1 atom stereocenters. The molecule has 0 aromatic heterocycles. The van der Waals surface area contributed by atoms with E-state index < -0.39 is 21.9 Å². The molecule has 1 unspecified atom stereocenters. The molecule has 100 valence electrons. The van der Waals surface area contributed by atoms with Crippen molar-refractivity contribution in [3.63, 3.8) is 0 Å². The third-order valence-corrected chi connectivity index (χ3v) is 4.12. The standard InChI is InChI=1S/C11H14ClNO4S/c1-2-8(11(14)15)7-13-18(16,17)10-5-3-4-9(12)6-10/h3-6,8,13H,2,7H2,1H3,(H,14,15). The van der Waals surface area contributed by atoms with Crippen LogP contribution >= 0.6 is 11.6 Å². The van der Waals surface area contributed by atoms with Crippen LogP contribution < -0.4 is 4.72 Å². The SMILES string of the molecule is CCC(CNS(=O)(=O)c1cccc(Cl)c1)C(=O)O. The van der Waals surface area contributed by atoms with Gasteiger partial charge in [-0.1, -0.05) is 24.6 Å². The molecule has 1 rings (SSSR count). The first-order valence-corrected chi connectivity index (χ1v) is 7.21. The summed E-state index contributed by atoms with van der Waals surface area (Å²) in [7, 11) is -3.72.